The molecule has 0 atom stereocenters. The molecule has 1 saturated carbocycles. The zero-order chi connectivity index (χ0) is 21.5. The quantitative estimate of drug-likeness (QED) is 0.694. The van der Waals surface area contributed by atoms with Crippen LogP contribution in [0.4, 0.5) is 4.39 Å². The third-order valence-corrected chi connectivity index (χ3v) is 6.23. The molecule has 1 aliphatic carbocycles. The third kappa shape index (κ3) is 3.56. The van der Waals surface area contributed by atoms with Gasteiger partial charge < -0.3 is 14.7 Å². The summed E-state index contributed by atoms with van der Waals surface area (Å²) in [5.74, 6) is -0.587. The van der Waals surface area contributed by atoms with Gasteiger partial charge in [0.25, 0.3) is 17.5 Å². The van der Waals surface area contributed by atoms with Crippen molar-refractivity contribution in [2.75, 3.05) is 20.1 Å². The maximum Gasteiger partial charge on any atom is 0.259 e. The van der Waals surface area contributed by atoms with Crippen LogP contribution in [0.5, 0.6) is 0 Å². The summed E-state index contributed by atoms with van der Waals surface area (Å²) in [6, 6.07) is 7.89. The number of hydrogen-bond donors (Lipinski definition) is 1. The van der Waals surface area contributed by atoms with E-state index in [1.165, 1.54) is 12.1 Å². The zero-order valence-electron chi connectivity index (χ0n) is 17.2. The van der Waals surface area contributed by atoms with E-state index in [9.17, 15) is 14.0 Å². The van der Waals surface area contributed by atoms with E-state index in [2.05, 4.69) is 15.5 Å². The predicted octanol–water partition coefficient (Wildman–Crippen LogP) is 3.62. The number of nitrogens with one attached hydrogen (secondary N) is 1. The first-order valence-corrected chi connectivity index (χ1v) is 10.6. The normalized spacial score (nSPS) is 17.2. The zero-order valence-corrected chi connectivity index (χ0v) is 17.2. The summed E-state index contributed by atoms with van der Waals surface area (Å²) in [4.78, 5) is 31.6. The number of amides is 2. The fourth-order valence-corrected chi connectivity index (χ4v) is 4.33. The van der Waals surface area contributed by atoms with Gasteiger partial charge in [0.1, 0.15) is 5.82 Å². The lowest BCUT2D eigenvalue weighted by atomic mass is 9.90. The molecule has 31 heavy (non-hydrogen) atoms. The van der Waals surface area contributed by atoms with Crippen molar-refractivity contribution in [1.82, 2.24) is 20.4 Å². The molecule has 1 aromatic carbocycles. The molecule has 0 bridgehead atoms. The lowest BCUT2D eigenvalue weighted by Crippen LogP contribution is -2.38. The summed E-state index contributed by atoms with van der Waals surface area (Å²) in [5.41, 5.74) is 2.60. The van der Waals surface area contributed by atoms with Crippen LogP contribution in [0.15, 0.2) is 34.9 Å². The van der Waals surface area contributed by atoms with Crippen molar-refractivity contribution >= 4 is 22.9 Å². The number of carbonyl (C=O) groups is 2. The predicted molar refractivity (Wildman–Crippen MR) is 111 cm³/mol. The molecule has 0 unspecified atom stereocenters. The van der Waals surface area contributed by atoms with Crippen molar-refractivity contribution in [2.24, 2.45) is 0 Å². The lowest BCUT2D eigenvalue weighted by Gasteiger charge is -2.31. The van der Waals surface area contributed by atoms with Crippen LogP contribution < -0.4 is 5.32 Å². The number of likely N-dealkylation sites (tertiary alicyclic amines) is 1. The summed E-state index contributed by atoms with van der Waals surface area (Å²) >= 11 is 0. The average molecular weight is 422 g/mol. The summed E-state index contributed by atoms with van der Waals surface area (Å²) in [6.45, 7) is 0.962. The number of hydrogen-bond acceptors (Lipinski definition) is 5. The number of nitrogens with zero attached hydrogens (tertiary/aromatic N) is 3. The first kappa shape index (κ1) is 19.7. The second kappa shape index (κ2) is 7.76. The molecule has 2 aliphatic rings. The molecular weight excluding hydrogens is 399 g/mol. The van der Waals surface area contributed by atoms with Gasteiger partial charge in [-0.1, -0.05) is 17.3 Å². The van der Waals surface area contributed by atoms with Crippen molar-refractivity contribution < 1.29 is 18.5 Å². The fourth-order valence-electron chi connectivity index (χ4n) is 4.33. The van der Waals surface area contributed by atoms with Crippen LogP contribution in [-0.2, 0) is 0 Å². The standard InChI is InChI=1S/C23H23FN4O3/c1-25-21(29)16-12-18(13-6-7-13)26-22-19(16)20(27-31-22)14-8-10-28(11-9-14)23(30)15-4-2-3-5-17(15)24/h2-5,12-14H,6-11H2,1H3,(H,25,29). The van der Waals surface area contributed by atoms with Gasteiger partial charge >= 0.3 is 0 Å². The number of rotatable bonds is 4. The van der Waals surface area contributed by atoms with E-state index in [0.717, 1.165) is 18.5 Å². The van der Waals surface area contributed by atoms with Crippen LogP contribution in [0, 0.1) is 5.82 Å². The Bertz CT molecular complexity index is 1160. The Morgan fingerprint density at radius 1 is 1.10 bits per heavy atom. The van der Waals surface area contributed by atoms with E-state index < -0.39 is 5.82 Å². The molecule has 2 amide bonds. The van der Waals surface area contributed by atoms with Crippen LogP contribution >= 0.6 is 0 Å². The monoisotopic (exact) mass is 422 g/mol. The molecule has 8 heteroatoms. The van der Waals surface area contributed by atoms with E-state index >= 15 is 0 Å². The Morgan fingerprint density at radius 2 is 1.84 bits per heavy atom. The van der Waals surface area contributed by atoms with E-state index in [4.69, 9.17) is 4.52 Å². The topological polar surface area (TPSA) is 88.3 Å². The van der Waals surface area contributed by atoms with Gasteiger partial charge in [-0.2, -0.15) is 0 Å². The van der Waals surface area contributed by atoms with Crippen LogP contribution in [0.1, 0.15) is 69.6 Å². The highest BCUT2D eigenvalue weighted by molar-refractivity contribution is 6.06. The Balaban J connectivity index is 1.40. The Kier molecular flexibility index (Phi) is 4.92. The molecule has 1 saturated heterocycles. The highest BCUT2D eigenvalue weighted by atomic mass is 19.1. The fraction of sp³-hybridized carbons (Fsp3) is 0.391. The number of carbonyl (C=O) groups excluding carboxylic acids is 2. The van der Waals surface area contributed by atoms with E-state index in [-0.39, 0.29) is 23.3 Å². The Hall–Kier alpha value is -3.29. The van der Waals surface area contributed by atoms with E-state index in [0.29, 0.717) is 54.2 Å². The highest BCUT2D eigenvalue weighted by Crippen LogP contribution is 2.41. The maximum atomic E-state index is 14.0. The smallest absolute Gasteiger partial charge is 0.259 e. The summed E-state index contributed by atoms with van der Waals surface area (Å²) in [6.07, 6.45) is 3.45. The van der Waals surface area contributed by atoms with E-state index in [1.807, 2.05) is 6.07 Å². The second-order valence-corrected chi connectivity index (χ2v) is 8.24. The van der Waals surface area contributed by atoms with Gasteiger partial charge in [-0.25, -0.2) is 9.37 Å². The van der Waals surface area contributed by atoms with Crippen molar-refractivity contribution in [3.8, 4) is 0 Å². The summed E-state index contributed by atoms with van der Waals surface area (Å²) in [7, 11) is 1.60. The molecule has 1 N–H and O–H groups in total. The summed E-state index contributed by atoms with van der Waals surface area (Å²) in [5, 5.41) is 7.63. The van der Waals surface area contributed by atoms with Gasteiger partial charge in [-0.05, 0) is 43.9 Å². The number of benzene rings is 1. The number of pyridine rings is 1. The van der Waals surface area contributed by atoms with Gasteiger partial charge in [-0.15, -0.1) is 0 Å². The number of halogens is 1. The second-order valence-electron chi connectivity index (χ2n) is 8.24. The first-order valence-electron chi connectivity index (χ1n) is 10.6. The van der Waals surface area contributed by atoms with Gasteiger partial charge in [0, 0.05) is 37.7 Å². The third-order valence-electron chi connectivity index (χ3n) is 6.23. The van der Waals surface area contributed by atoms with Crippen molar-refractivity contribution in [3.63, 3.8) is 0 Å². The minimum Gasteiger partial charge on any atom is -0.355 e. The van der Waals surface area contributed by atoms with Gasteiger partial charge in [0.05, 0.1) is 22.2 Å². The average Bonchev–Trinajstić information content (AvgIpc) is 3.57. The van der Waals surface area contributed by atoms with Gasteiger partial charge in [-0.3, -0.25) is 9.59 Å². The largest absolute Gasteiger partial charge is 0.355 e. The lowest BCUT2D eigenvalue weighted by molar-refractivity contribution is 0.0707. The number of fused-ring (bicyclic) bond motifs is 1. The number of piperidine rings is 1. The number of aromatic nitrogens is 2. The minimum absolute atomic E-state index is 0.0305. The first-order chi connectivity index (χ1) is 15.1. The Morgan fingerprint density at radius 3 is 2.52 bits per heavy atom. The molecule has 1 aliphatic heterocycles. The molecule has 7 nitrogen and oxygen atoms in total. The van der Waals surface area contributed by atoms with Crippen molar-refractivity contribution in [1.29, 1.82) is 0 Å². The maximum absolute atomic E-state index is 14.0. The molecule has 5 rings (SSSR count). The molecule has 2 fully saturated rings. The molecule has 3 aromatic rings. The molecule has 3 heterocycles. The SMILES string of the molecule is CNC(=O)c1cc(C2CC2)nc2onc(C3CCN(C(=O)c4ccccc4F)CC3)c12. The van der Waals surface area contributed by atoms with Gasteiger partial charge in [0.2, 0.25) is 0 Å². The highest BCUT2D eigenvalue weighted by Gasteiger charge is 2.32. The minimum atomic E-state index is -0.509. The molecular formula is C23H23FN4O3. The van der Waals surface area contributed by atoms with Crippen LogP contribution in [0.25, 0.3) is 11.1 Å². The van der Waals surface area contributed by atoms with Crippen LogP contribution in [-0.4, -0.2) is 47.0 Å². The van der Waals surface area contributed by atoms with E-state index in [1.54, 1.807) is 24.1 Å². The molecule has 2 aromatic heterocycles. The van der Waals surface area contributed by atoms with Crippen molar-refractivity contribution in [2.45, 2.75) is 37.5 Å². The van der Waals surface area contributed by atoms with Crippen LogP contribution in [0.3, 0.4) is 0 Å². The molecule has 0 spiro atoms. The molecule has 0 radical (unpaired) electrons. The molecule has 160 valence electrons. The van der Waals surface area contributed by atoms with Crippen molar-refractivity contribution in [3.05, 3.63) is 58.7 Å². The summed E-state index contributed by atoms with van der Waals surface area (Å²) < 4.78 is 19.5. The Labute approximate surface area is 178 Å². The van der Waals surface area contributed by atoms with Crippen LogP contribution in [0.2, 0.25) is 0 Å². The van der Waals surface area contributed by atoms with Gasteiger partial charge in [0.15, 0.2) is 0 Å².